The summed E-state index contributed by atoms with van der Waals surface area (Å²) < 4.78 is 10.4. The first kappa shape index (κ1) is 13.1. The average molecular weight is 257 g/mol. The first-order valence-electron chi connectivity index (χ1n) is 5.88. The Morgan fingerprint density at radius 1 is 1.16 bits per heavy atom. The molecule has 0 fully saturated rings. The normalized spacial score (nSPS) is 10.0. The van der Waals surface area contributed by atoms with Crippen molar-refractivity contribution in [2.45, 2.75) is 6.42 Å². The molecular formula is C15H15NO3. The molecule has 0 amide bonds. The first-order valence-corrected chi connectivity index (χ1v) is 5.88. The van der Waals surface area contributed by atoms with E-state index in [0.717, 1.165) is 17.5 Å². The highest BCUT2D eigenvalue weighted by atomic mass is 16.5. The van der Waals surface area contributed by atoms with Gasteiger partial charge in [0.05, 0.1) is 14.2 Å². The third-order valence-corrected chi connectivity index (χ3v) is 2.87. The summed E-state index contributed by atoms with van der Waals surface area (Å²) in [6.07, 6.45) is 3.13. The summed E-state index contributed by atoms with van der Waals surface area (Å²) in [6, 6.07) is 9.20. The molecule has 0 atom stereocenters. The minimum absolute atomic E-state index is 0.550. The predicted octanol–water partition coefficient (Wildman–Crippen LogP) is 2.50. The lowest BCUT2D eigenvalue weighted by Crippen LogP contribution is -2.00. The van der Waals surface area contributed by atoms with Gasteiger partial charge in [0, 0.05) is 23.9 Å². The molecule has 0 aliphatic carbocycles. The van der Waals surface area contributed by atoms with E-state index < -0.39 is 0 Å². The number of rotatable bonds is 5. The third kappa shape index (κ3) is 2.91. The Bertz CT molecular complexity index is 567. The van der Waals surface area contributed by atoms with Crippen LogP contribution in [0.3, 0.4) is 0 Å². The van der Waals surface area contributed by atoms with E-state index in [4.69, 9.17) is 9.47 Å². The minimum Gasteiger partial charge on any atom is -0.493 e. The largest absolute Gasteiger partial charge is 0.493 e. The maximum absolute atomic E-state index is 11.2. The zero-order chi connectivity index (χ0) is 13.7. The number of carbonyl (C=O) groups is 1. The highest BCUT2D eigenvalue weighted by Gasteiger charge is 2.11. The average Bonchev–Trinajstić information content (AvgIpc) is 2.47. The van der Waals surface area contributed by atoms with E-state index in [1.54, 1.807) is 26.5 Å². The van der Waals surface area contributed by atoms with Gasteiger partial charge in [-0.25, -0.2) is 0 Å². The van der Waals surface area contributed by atoms with E-state index in [9.17, 15) is 4.79 Å². The van der Waals surface area contributed by atoms with Crippen LogP contribution in [0.25, 0.3) is 0 Å². The molecule has 0 saturated carbocycles. The highest BCUT2D eigenvalue weighted by Crippen LogP contribution is 2.30. The van der Waals surface area contributed by atoms with Gasteiger partial charge in [-0.05, 0) is 29.8 Å². The van der Waals surface area contributed by atoms with Gasteiger partial charge in [0.25, 0.3) is 0 Å². The fourth-order valence-electron chi connectivity index (χ4n) is 1.90. The SMILES string of the molecule is COc1cc(C=O)c(Cc2ccccn2)cc1OC. The van der Waals surface area contributed by atoms with Crippen LogP contribution in [0, 0.1) is 0 Å². The number of hydrogen-bond donors (Lipinski definition) is 0. The van der Waals surface area contributed by atoms with E-state index in [2.05, 4.69) is 4.98 Å². The van der Waals surface area contributed by atoms with Crippen LogP contribution in [0.15, 0.2) is 36.5 Å². The molecule has 0 aliphatic heterocycles. The van der Waals surface area contributed by atoms with E-state index >= 15 is 0 Å². The van der Waals surface area contributed by atoms with E-state index in [1.165, 1.54) is 0 Å². The Hall–Kier alpha value is -2.36. The van der Waals surface area contributed by atoms with Crippen molar-refractivity contribution in [2.24, 2.45) is 0 Å². The van der Waals surface area contributed by atoms with Gasteiger partial charge in [-0.1, -0.05) is 6.07 Å². The van der Waals surface area contributed by atoms with Crippen LogP contribution in [0.2, 0.25) is 0 Å². The monoisotopic (exact) mass is 257 g/mol. The Morgan fingerprint density at radius 3 is 2.47 bits per heavy atom. The van der Waals surface area contributed by atoms with Crippen molar-refractivity contribution >= 4 is 6.29 Å². The number of aromatic nitrogens is 1. The molecule has 0 bridgehead atoms. The second kappa shape index (κ2) is 6.00. The van der Waals surface area contributed by atoms with Gasteiger partial charge in [0.1, 0.15) is 6.29 Å². The molecular weight excluding hydrogens is 242 g/mol. The van der Waals surface area contributed by atoms with Crippen LogP contribution in [-0.2, 0) is 6.42 Å². The molecule has 0 saturated heterocycles. The van der Waals surface area contributed by atoms with Crippen LogP contribution in [0.1, 0.15) is 21.6 Å². The smallest absolute Gasteiger partial charge is 0.161 e. The van der Waals surface area contributed by atoms with Crippen molar-refractivity contribution in [3.63, 3.8) is 0 Å². The predicted molar refractivity (Wildman–Crippen MR) is 72.0 cm³/mol. The van der Waals surface area contributed by atoms with Crippen LogP contribution < -0.4 is 9.47 Å². The molecule has 4 nitrogen and oxygen atoms in total. The molecule has 19 heavy (non-hydrogen) atoms. The molecule has 1 aromatic carbocycles. The Balaban J connectivity index is 2.41. The standard InChI is InChI=1S/C15H15NO3/c1-18-14-8-11(7-13-5-3-4-6-16-13)12(10-17)9-15(14)19-2/h3-6,8-10H,7H2,1-2H3. The molecule has 1 aromatic heterocycles. The van der Waals surface area contributed by atoms with Gasteiger partial charge in [-0.3, -0.25) is 9.78 Å². The highest BCUT2D eigenvalue weighted by molar-refractivity contribution is 5.79. The lowest BCUT2D eigenvalue weighted by Gasteiger charge is -2.12. The second-order valence-corrected chi connectivity index (χ2v) is 4.02. The second-order valence-electron chi connectivity index (χ2n) is 4.02. The van der Waals surface area contributed by atoms with Gasteiger partial charge in [-0.2, -0.15) is 0 Å². The maximum atomic E-state index is 11.2. The summed E-state index contributed by atoms with van der Waals surface area (Å²) in [5.74, 6) is 1.16. The third-order valence-electron chi connectivity index (χ3n) is 2.87. The topological polar surface area (TPSA) is 48.4 Å². The molecule has 0 spiro atoms. The molecule has 0 aliphatic rings. The molecule has 98 valence electrons. The van der Waals surface area contributed by atoms with Crippen LogP contribution in [0.4, 0.5) is 0 Å². The summed E-state index contributed by atoms with van der Waals surface area (Å²) in [5, 5.41) is 0. The number of aldehydes is 1. The van der Waals surface area contributed by atoms with E-state index in [1.807, 2.05) is 24.3 Å². The van der Waals surface area contributed by atoms with Crippen molar-refractivity contribution in [1.82, 2.24) is 4.98 Å². The van der Waals surface area contributed by atoms with Gasteiger partial charge in [-0.15, -0.1) is 0 Å². The molecule has 0 N–H and O–H groups in total. The number of ether oxygens (including phenoxy) is 2. The Morgan fingerprint density at radius 2 is 1.89 bits per heavy atom. The fourth-order valence-corrected chi connectivity index (χ4v) is 1.90. The summed E-state index contributed by atoms with van der Waals surface area (Å²) in [5.41, 5.74) is 2.35. The number of hydrogen-bond acceptors (Lipinski definition) is 4. The van der Waals surface area contributed by atoms with Gasteiger partial charge < -0.3 is 9.47 Å². The van der Waals surface area contributed by atoms with Crippen molar-refractivity contribution < 1.29 is 14.3 Å². The number of pyridine rings is 1. The van der Waals surface area contributed by atoms with Crippen LogP contribution in [0.5, 0.6) is 11.5 Å². The number of benzene rings is 1. The fraction of sp³-hybridized carbons (Fsp3) is 0.200. The zero-order valence-electron chi connectivity index (χ0n) is 10.9. The molecule has 0 unspecified atom stereocenters. The van der Waals surface area contributed by atoms with E-state index in [0.29, 0.717) is 23.5 Å². The summed E-state index contributed by atoms with van der Waals surface area (Å²) in [4.78, 5) is 15.4. The Kier molecular flexibility index (Phi) is 4.13. The first-order chi connectivity index (χ1) is 9.28. The number of nitrogens with zero attached hydrogens (tertiary/aromatic N) is 1. The van der Waals surface area contributed by atoms with Crippen molar-refractivity contribution in [3.05, 3.63) is 53.3 Å². The number of methoxy groups -OCH3 is 2. The summed E-state index contributed by atoms with van der Waals surface area (Å²) in [6.45, 7) is 0. The summed E-state index contributed by atoms with van der Waals surface area (Å²) >= 11 is 0. The zero-order valence-corrected chi connectivity index (χ0v) is 10.9. The quantitative estimate of drug-likeness (QED) is 0.772. The summed E-state index contributed by atoms with van der Waals surface area (Å²) in [7, 11) is 3.12. The van der Waals surface area contributed by atoms with Gasteiger partial charge in [0.2, 0.25) is 0 Å². The Labute approximate surface area is 112 Å². The van der Waals surface area contributed by atoms with Crippen LogP contribution in [-0.4, -0.2) is 25.5 Å². The minimum atomic E-state index is 0.550. The molecule has 2 aromatic rings. The van der Waals surface area contributed by atoms with Crippen molar-refractivity contribution in [1.29, 1.82) is 0 Å². The molecule has 0 radical (unpaired) electrons. The lowest BCUT2D eigenvalue weighted by atomic mass is 10.0. The van der Waals surface area contributed by atoms with Gasteiger partial charge in [0.15, 0.2) is 11.5 Å². The molecule has 2 rings (SSSR count). The van der Waals surface area contributed by atoms with Crippen molar-refractivity contribution in [3.8, 4) is 11.5 Å². The van der Waals surface area contributed by atoms with Crippen molar-refractivity contribution in [2.75, 3.05) is 14.2 Å². The number of carbonyl (C=O) groups excluding carboxylic acids is 1. The molecule has 4 heteroatoms. The maximum Gasteiger partial charge on any atom is 0.161 e. The van der Waals surface area contributed by atoms with Crippen LogP contribution >= 0.6 is 0 Å². The molecule has 1 heterocycles. The lowest BCUT2D eigenvalue weighted by molar-refractivity contribution is 0.112. The van der Waals surface area contributed by atoms with Gasteiger partial charge >= 0.3 is 0 Å². The van der Waals surface area contributed by atoms with E-state index in [-0.39, 0.29) is 0 Å².